The molecule has 1 aliphatic heterocycles. The minimum atomic E-state index is -0.316. The molecule has 2 aromatic carbocycles. The second-order valence-electron chi connectivity index (χ2n) is 6.37. The Bertz CT molecular complexity index is 818. The van der Waals surface area contributed by atoms with E-state index < -0.39 is 0 Å². The summed E-state index contributed by atoms with van der Waals surface area (Å²) in [5.74, 6) is 0.572. The van der Waals surface area contributed by atoms with Gasteiger partial charge in [0, 0.05) is 31.9 Å². The average molecular weight is 400 g/mol. The summed E-state index contributed by atoms with van der Waals surface area (Å²) in [6.07, 6.45) is 0. The van der Waals surface area contributed by atoms with Crippen molar-refractivity contribution in [1.29, 1.82) is 0 Å². The van der Waals surface area contributed by atoms with E-state index in [1.807, 2.05) is 30.3 Å². The average Bonchev–Trinajstić information content (AvgIpc) is 2.74. The fraction of sp³-hybridized carbons (Fsp3) is 0.333. The van der Waals surface area contributed by atoms with Gasteiger partial charge in [-0.15, -0.1) is 0 Å². The zero-order valence-corrected chi connectivity index (χ0v) is 17.0. The van der Waals surface area contributed by atoms with Gasteiger partial charge < -0.3 is 24.6 Å². The molecule has 0 aliphatic carbocycles. The molecule has 28 heavy (non-hydrogen) atoms. The van der Waals surface area contributed by atoms with Gasteiger partial charge in [0.15, 0.2) is 5.11 Å². The number of hydrogen-bond acceptors (Lipinski definition) is 5. The van der Waals surface area contributed by atoms with Gasteiger partial charge in [0.05, 0.1) is 25.0 Å². The molecule has 0 saturated carbocycles. The molecule has 0 spiro atoms. The number of thiocarbonyl (C=S) groups is 1. The van der Waals surface area contributed by atoms with Gasteiger partial charge in [0.25, 0.3) is 0 Å². The predicted octanol–water partition coefficient (Wildman–Crippen LogP) is 3.39. The summed E-state index contributed by atoms with van der Waals surface area (Å²) in [6, 6.07) is 15.2. The summed E-state index contributed by atoms with van der Waals surface area (Å²) in [5.41, 5.74) is 2.49. The molecule has 0 bridgehead atoms. The van der Waals surface area contributed by atoms with E-state index in [9.17, 15) is 4.79 Å². The molecule has 3 rings (SSSR count). The van der Waals surface area contributed by atoms with Crippen LogP contribution in [0.4, 0.5) is 11.4 Å². The van der Waals surface area contributed by atoms with Crippen molar-refractivity contribution >= 4 is 34.7 Å². The lowest BCUT2D eigenvalue weighted by Gasteiger charge is -2.37. The molecule has 6 nitrogen and oxygen atoms in total. The SMILES string of the molecule is CCOC(=O)c1ccc(NC(=S)N2CCN(c3ccccc3OC)CC2)cc1. The molecule has 0 amide bonds. The van der Waals surface area contributed by atoms with E-state index in [0.29, 0.717) is 17.3 Å². The summed E-state index contributed by atoms with van der Waals surface area (Å²) in [7, 11) is 1.70. The molecule has 1 aliphatic rings. The summed E-state index contributed by atoms with van der Waals surface area (Å²) < 4.78 is 10.5. The lowest BCUT2D eigenvalue weighted by molar-refractivity contribution is 0.0526. The Morgan fingerprint density at radius 3 is 2.39 bits per heavy atom. The number of anilines is 2. The maximum Gasteiger partial charge on any atom is 0.338 e. The van der Waals surface area contributed by atoms with Crippen molar-refractivity contribution in [1.82, 2.24) is 4.90 Å². The first-order chi connectivity index (χ1) is 13.6. The van der Waals surface area contributed by atoms with Crippen LogP contribution in [0, 0.1) is 0 Å². The van der Waals surface area contributed by atoms with Crippen molar-refractivity contribution in [2.45, 2.75) is 6.92 Å². The molecule has 2 aromatic rings. The molecule has 0 aromatic heterocycles. The van der Waals surface area contributed by atoms with Gasteiger partial charge in [-0.3, -0.25) is 0 Å². The summed E-state index contributed by atoms with van der Waals surface area (Å²) in [6.45, 7) is 5.53. The highest BCUT2D eigenvalue weighted by molar-refractivity contribution is 7.80. The molecular weight excluding hydrogens is 374 g/mol. The third-order valence-corrected chi connectivity index (χ3v) is 5.00. The molecule has 0 atom stereocenters. The molecule has 0 unspecified atom stereocenters. The number of para-hydroxylation sites is 2. The van der Waals surface area contributed by atoms with Crippen molar-refractivity contribution < 1.29 is 14.3 Å². The van der Waals surface area contributed by atoms with Crippen LogP contribution in [0.3, 0.4) is 0 Å². The lowest BCUT2D eigenvalue weighted by Crippen LogP contribution is -2.50. The number of piperazine rings is 1. The van der Waals surface area contributed by atoms with Gasteiger partial charge in [-0.05, 0) is 55.5 Å². The highest BCUT2D eigenvalue weighted by atomic mass is 32.1. The number of carbonyl (C=O) groups is 1. The first-order valence-electron chi connectivity index (χ1n) is 9.33. The topological polar surface area (TPSA) is 54.0 Å². The van der Waals surface area contributed by atoms with Crippen LogP contribution in [0.25, 0.3) is 0 Å². The van der Waals surface area contributed by atoms with Crippen molar-refractivity contribution in [2.75, 3.05) is 50.1 Å². The summed E-state index contributed by atoms with van der Waals surface area (Å²) in [4.78, 5) is 16.2. The number of ether oxygens (including phenoxy) is 2. The van der Waals surface area contributed by atoms with Crippen LogP contribution in [0.1, 0.15) is 17.3 Å². The number of rotatable bonds is 5. The molecule has 0 radical (unpaired) electrons. The number of nitrogens with one attached hydrogen (secondary N) is 1. The minimum Gasteiger partial charge on any atom is -0.495 e. The second kappa shape index (κ2) is 9.41. The normalized spacial score (nSPS) is 13.8. The number of esters is 1. The third-order valence-electron chi connectivity index (χ3n) is 4.64. The van der Waals surface area contributed by atoms with E-state index >= 15 is 0 Å². The quantitative estimate of drug-likeness (QED) is 0.611. The highest BCUT2D eigenvalue weighted by Crippen LogP contribution is 2.28. The summed E-state index contributed by atoms with van der Waals surface area (Å²) in [5, 5.41) is 3.93. The Morgan fingerprint density at radius 2 is 1.75 bits per heavy atom. The van der Waals surface area contributed by atoms with Crippen LogP contribution in [-0.2, 0) is 4.74 Å². The molecule has 148 valence electrons. The number of benzene rings is 2. The molecule has 1 heterocycles. The highest BCUT2D eigenvalue weighted by Gasteiger charge is 2.21. The standard InChI is InChI=1S/C21H25N3O3S/c1-3-27-20(25)16-8-10-17(11-9-16)22-21(28)24-14-12-23(13-15-24)18-6-4-5-7-19(18)26-2/h4-11H,3,12-15H2,1-2H3,(H,22,28). The van der Waals surface area contributed by atoms with Crippen LogP contribution in [0.2, 0.25) is 0 Å². The first kappa shape index (κ1) is 19.9. The summed E-state index contributed by atoms with van der Waals surface area (Å²) >= 11 is 5.57. The van der Waals surface area contributed by atoms with E-state index in [1.54, 1.807) is 26.2 Å². The monoisotopic (exact) mass is 399 g/mol. The van der Waals surface area contributed by atoms with Crippen LogP contribution in [0.5, 0.6) is 5.75 Å². The largest absolute Gasteiger partial charge is 0.495 e. The van der Waals surface area contributed by atoms with Gasteiger partial charge in [-0.25, -0.2) is 4.79 Å². The van der Waals surface area contributed by atoms with Crippen molar-refractivity contribution in [3.63, 3.8) is 0 Å². The molecular formula is C21H25N3O3S. The van der Waals surface area contributed by atoms with Gasteiger partial charge in [0.2, 0.25) is 0 Å². The van der Waals surface area contributed by atoms with Crippen molar-refractivity contribution in [2.24, 2.45) is 0 Å². The van der Waals surface area contributed by atoms with Crippen molar-refractivity contribution in [3.05, 3.63) is 54.1 Å². The zero-order chi connectivity index (χ0) is 19.9. The third kappa shape index (κ3) is 4.72. The Hall–Kier alpha value is -2.80. The van der Waals surface area contributed by atoms with E-state index in [1.165, 1.54) is 0 Å². The molecule has 1 saturated heterocycles. The number of nitrogens with zero attached hydrogens (tertiary/aromatic N) is 2. The molecule has 1 N–H and O–H groups in total. The van der Waals surface area contributed by atoms with Crippen molar-refractivity contribution in [3.8, 4) is 5.75 Å². The zero-order valence-electron chi connectivity index (χ0n) is 16.2. The fourth-order valence-electron chi connectivity index (χ4n) is 3.15. The number of carbonyl (C=O) groups excluding carboxylic acids is 1. The smallest absolute Gasteiger partial charge is 0.338 e. The Morgan fingerprint density at radius 1 is 1.07 bits per heavy atom. The Balaban J connectivity index is 1.54. The van der Waals surface area contributed by atoms with Gasteiger partial charge >= 0.3 is 5.97 Å². The number of hydrogen-bond donors (Lipinski definition) is 1. The Labute approximate surface area is 171 Å². The maximum atomic E-state index is 11.7. The van der Waals surface area contributed by atoms with E-state index in [0.717, 1.165) is 43.3 Å². The van der Waals surface area contributed by atoms with E-state index in [4.69, 9.17) is 21.7 Å². The molecule has 7 heteroatoms. The lowest BCUT2D eigenvalue weighted by atomic mass is 10.2. The predicted molar refractivity (Wildman–Crippen MR) is 115 cm³/mol. The second-order valence-corrected chi connectivity index (χ2v) is 6.76. The van der Waals surface area contributed by atoms with Crippen LogP contribution >= 0.6 is 12.2 Å². The van der Waals surface area contributed by atoms with Gasteiger partial charge in [-0.1, -0.05) is 12.1 Å². The van der Waals surface area contributed by atoms with Crippen LogP contribution in [-0.4, -0.2) is 55.9 Å². The fourth-order valence-corrected chi connectivity index (χ4v) is 3.45. The molecule has 1 fully saturated rings. The minimum absolute atomic E-state index is 0.316. The first-order valence-corrected chi connectivity index (χ1v) is 9.74. The van der Waals surface area contributed by atoms with Gasteiger partial charge in [0.1, 0.15) is 5.75 Å². The number of methoxy groups -OCH3 is 1. The Kier molecular flexibility index (Phi) is 6.71. The van der Waals surface area contributed by atoms with Crippen LogP contribution in [0.15, 0.2) is 48.5 Å². The van der Waals surface area contributed by atoms with E-state index in [2.05, 4.69) is 21.2 Å². The van der Waals surface area contributed by atoms with Gasteiger partial charge in [-0.2, -0.15) is 0 Å². The van der Waals surface area contributed by atoms with Crippen LogP contribution < -0.4 is 15.0 Å². The van der Waals surface area contributed by atoms with E-state index in [-0.39, 0.29) is 5.97 Å². The maximum absolute atomic E-state index is 11.7.